The predicted octanol–water partition coefficient (Wildman–Crippen LogP) is 3.55. The van der Waals surface area contributed by atoms with E-state index in [0.717, 1.165) is 28.1 Å². The van der Waals surface area contributed by atoms with Crippen LogP contribution >= 0.6 is 0 Å². The molecule has 0 unspecified atom stereocenters. The molecule has 3 rings (SSSR count). The van der Waals surface area contributed by atoms with Crippen molar-refractivity contribution in [2.45, 2.75) is 18.2 Å². The summed E-state index contributed by atoms with van der Waals surface area (Å²) in [5.74, 6) is -0.326. The van der Waals surface area contributed by atoms with Crippen LogP contribution in [0.2, 0.25) is 0 Å². The van der Waals surface area contributed by atoms with Crippen molar-refractivity contribution in [2.75, 3.05) is 19.8 Å². The number of sulfone groups is 1. The van der Waals surface area contributed by atoms with Crippen molar-refractivity contribution in [3.63, 3.8) is 0 Å². The van der Waals surface area contributed by atoms with Gasteiger partial charge in [0.15, 0.2) is 9.84 Å². The van der Waals surface area contributed by atoms with Crippen LogP contribution in [0.15, 0.2) is 59.6 Å². The Labute approximate surface area is 175 Å². The van der Waals surface area contributed by atoms with Crippen LogP contribution in [0.5, 0.6) is 0 Å². The predicted molar refractivity (Wildman–Crippen MR) is 115 cm³/mol. The first-order valence-electron chi connectivity index (χ1n) is 9.35. The minimum atomic E-state index is -3.36. The van der Waals surface area contributed by atoms with Gasteiger partial charge in [-0.3, -0.25) is 0 Å². The lowest BCUT2D eigenvalue weighted by Gasteiger charge is -2.15. The largest absolute Gasteiger partial charge is 0.351 e. The lowest BCUT2D eigenvalue weighted by atomic mass is 10.0. The van der Waals surface area contributed by atoms with Gasteiger partial charge in [-0.05, 0) is 60.9 Å². The lowest BCUT2D eigenvalue weighted by Crippen LogP contribution is -2.33. The average molecular weight is 430 g/mol. The van der Waals surface area contributed by atoms with Gasteiger partial charge in [-0.15, -0.1) is 0 Å². The quantitative estimate of drug-likeness (QED) is 0.650. The fourth-order valence-corrected chi connectivity index (χ4v) is 4.03. The highest BCUT2D eigenvalue weighted by Crippen LogP contribution is 2.32. The topological polar surface area (TPSA) is 85.4 Å². The molecule has 0 atom stereocenters. The third-order valence-corrected chi connectivity index (χ3v) is 6.24. The monoisotopic (exact) mass is 429 g/mol. The Morgan fingerprint density at radius 3 is 2.43 bits per heavy atom. The normalized spacial score (nSPS) is 11.5. The first kappa shape index (κ1) is 21.6. The second kappa shape index (κ2) is 8.31. The molecule has 30 heavy (non-hydrogen) atoms. The number of hydrogen-bond acceptors (Lipinski definition) is 3. The summed E-state index contributed by atoms with van der Waals surface area (Å²) in [6.07, 6.45) is 3.60. The molecule has 6 nitrogen and oxygen atoms in total. The Kier molecular flexibility index (Phi) is 5.98. The lowest BCUT2D eigenvalue weighted by molar-refractivity contribution is 0.219. The summed E-state index contributed by atoms with van der Waals surface area (Å²) in [7, 11) is -1.74. The van der Waals surface area contributed by atoms with E-state index in [1.165, 1.54) is 23.3 Å². The number of hydrogen-bond donors (Lipinski definition) is 1. The summed E-state index contributed by atoms with van der Waals surface area (Å²) in [6.45, 7) is 2.34. The van der Waals surface area contributed by atoms with E-state index < -0.39 is 15.9 Å². The first-order valence-corrected chi connectivity index (χ1v) is 11.2. The number of rotatable bonds is 6. The maximum absolute atomic E-state index is 13.4. The highest BCUT2D eigenvalue weighted by Gasteiger charge is 2.18. The number of amides is 2. The van der Waals surface area contributed by atoms with Crippen molar-refractivity contribution >= 4 is 15.9 Å². The zero-order chi connectivity index (χ0) is 22.1. The molecule has 2 amide bonds. The van der Waals surface area contributed by atoms with Crippen molar-refractivity contribution in [2.24, 2.45) is 5.73 Å². The number of halogens is 1. The molecular weight excluding hydrogens is 405 g/mol. The number of nitrogens with zero attached hydrogens (tertiary/aromatic N) is 2. The number of primary amides is 1. The molecule has 0 bridgehead atoms. The molecule has 0 saturated carbocycles. The number of carbonyl (C=O) groups is 1. The molecular formula is C22H24FN3O3S. The van der Waals surface area contributed by atoms with Crippen LogP contribution in [0.25, 0.3) is 16.8 Å². The van der Waals surface area contributed by atoms with E-state index in [-0.39, 0.29) is 10.7 Å². The Morgan fingerprint density at radius 1 is 1.17 bits per heavy atom. The van der Waals surface area contributed by atoms with Gasteiger partial charge in [-0.2, -0.15) is 0 Å². The fraction of sp³-hybridized carbons (Fsp3) is 0.227. The zero-order valence-electron chi connectivity index (χ0n) is 17.1. The number of urea groups is 1. The van der Waals surface area contributed by atoms with Crippen molar-refractivity contribution < 1.29 is 17.6 Å². The molecule has 2 N–H and O–H groups in total. The van der Waals surface area contributed by atoms with Crippen LogP contribution in [0.4, 0.5) is 9.18 Å². The van der Waals surface area contributed by atoms with E-state index in [0.29, 0.717) is 13.0 Å². The van der Waals surface area contributed by atoms with Gasteiger partial charge in [0.2, 0.25) is 0 Å². The molecule has 1 aromatic heterocycles. The van der Waals surface area contributed by atoms with Gasteiger partial charge in [0, 0.05) is 43.0 Å². The van der Waals surface area contributed by atoms with Gasteiger partial charge in [0.1, 0.15) is 5.82 Å². The number of aromatic nitrogens is 1. The summed E-state index contributed by atoms with van der Waals surface area (Å²) >= 11 is 0. The van der Waals surface area contributed by atoms with Gasteiger partial charge in [0.25, 0.3) is 0 Å². The molecule has 0 fully saturated rings. The number of likely N-dealkylation sites (N-methyl/N-ethyl adjacent to an activating group) is 1. The maximum Gasteiger partial charge on any atom is 0.314 e. The van der Waals surface area contributed by atoms with Gasteiger partial charge in [-0.1, -0.05) is 12.1 Å². The smallest absolute Gasteiger partial charge is 0.314 e. The van der Waals surface area contributed by atoms with Crippen molar-refractivity contribution in [1.29, 1.82) is 0 Å². The molecule has 0 aliphatic heterocycles. The van der Waals surface area contributed by atoms with Crippen LogP contribution in [-0.2, 0) is 16.3 Å². The second-order valence-corrected chi connectivity index (χ2v) is 9.28. The van der Waals surface area contributed by atoms with Crippen LogP contribution in [-0.4, -0.2) is 43.8 Å². The van der Waals surface area contributed by atoms with Crippen LogP contribution in [0, 0.1) is 12.7 Å². The van der Waals surface area contributed by atoms with E-state index in [4.69, 9.17) is 5.73 Å². The molecule has 0 spiro atoms. The summed E-state index contributed by atoms with van der Waals surface area (Å²) < 4.78 is 39.3. The van der Waals surface area contributed by atoms with Gasteiger partial charge in [-0.25, -0.2) is 17.6 Å². The molecule has 0 radical (unpaired) electrons. The summed E-state index contributed by atoms with van der Waals surface area (Å²) in [5.41, 5.74) is 9.60. The first-order chi connectivity index (χ1) is 14.1. The van der Waals surface area contributed by atoms with E-state index in [1.807, 2.05) is 23.8 Å². The summed E-state index contributed by atoms with van der Waals surface area (Å²) in [6, 6.07) is 12.4. The van der Waals surface area contributed by atoms with Gasteiger partial charge >= 0.3 is 6.03 Å². The molecule has 0 aliphatic carbocycles. The summed E-state index contributed by atoms with van der Waals surface area (Å²) in [4.78, 5) is 13.1. The molecule has 1 heterocycles. The fourth-order valence-electron chi connectivity index (χ4n) is 3.36. The molecule has 158 valence electrons. The molecule has 3 aromatic rings. The standard InChI is InChI=1S/C22H24FN3O3S/c1-15-20(11-12-25(2)22(24)27)21(14-26(15)18-9-7-17(23)8-10-18)16-5-4-6-19(13-16)30(3,28)29/h4-10,13-14H,11-12H2,1-3H3,(H2,24,27). The Balaban J connectivity index is 2.14. The van der Waals surface area contributed by atoms with E-state index in [9.17, 15) is 17.6 Å². The zero-order valence-corrected chi connectivity index (χ0v) is 17.9. The SMILES string of the molecule is Cc1c(CCN(C)C(N)=O)c(-c2cccc(S(C)(=O)=O)c2)cn1-c1ccc(F)cc1. The third-order valence-electron chi connectivity index (χ3n) is 5.13. The molecule has 0 saturated heterocycles. The Hall–Kier alpha value is -3.13. The van der Waals surface area contributed by atoms with Crippen molar-refractivity contribution in [3.8, 4) is 16.8 Å². The Bertz CT molecular complexity index is 1180. The van der Waals surface area contributed by atoms with Gasteiger partial charge in [0.05, 0.1) is 4.90 Å². The van der Waals surface area contributed by atoms with Crippen LogP contribution < -0.4 is 5.73 Å². The molecule has 0 aliphatic rings. The number of nitrogens with two attached hydrogens (primary N) is 1. The van der Waals surface area contributed by atoms with Crippen LogP contribution in [0.3, 0.4) is 0 Å². The highest BCUT2D eigenvalue weighted by molar-refractivity contribution is 7.90. The molecule has 8 heteroatoms. The van der Waals surface area contributed by atoms with E-state index in [2.05, 4.69) is 0 Å². The third kappa shape index (κ3) is 4.54. The summed E-state index contributed by atoms with van der Waals surface area (Å²) in [5, 5.41) is 0. The van der Waals surface area contributed by atoms with E-state index in [1.54, 1.807) is 37.4 Å². The minimum absolute atomic E-state index is 0.229. The van der Waals surface area contributed by atoms with Crippen molar-refractivity contribution in [3.05, 3.63) is 71.8 Å². The van der Waals surface area contributed by atoms with Crippen LogP contribution in [0.1, 0.15) is 11.3 Å². The number of carbonyl (C=O) groups excluding carboxylic acids is 1. The Morgan fingerprint density at radius 2 is 1.83 bits per heavy atom. The maximum atomic E-state index is 13.4. The highest BCUT2D eigenvalue weighted by atomic mass is 32.2. The molecule has 2 aromatic carbocycles. The second-order valence-electron chi connectivity index (χ2n) is 7.26. The van der Waals surface area contributed by atoms with E-state index >= 15 is 0 Å². The minimum Gasteiger partial charge on any atom is -0.351 e. The van der Waals surface area contributed by atoms with Gasteiger partial charge < -0.3 is 15.2 Å². The average Bonchev–Trinajstić information content (AvgIpc) is 3.02. The number of benzene rings is 2. The van der Waals surface area contributed by atoms with Crippen molar-refractivity contribution in [1.82, 2.24) is 9.47 Å².